The lowest BCUT2D eigenvalue weighted by Crippen LogP contribution is -2.43. The Morgan fingerprint density at radius 2 is 2.28 bits per heavy atom. The Labute approximate surface area is 103 Å². The summed E-state index contributed by atoms with van der Waals surface area (Å²) in [4.78, 5) is 11.0. The number of hydrogen-bond acceptors (Lipinski definition) is 5. The lowest BCUT2D eigenvalue weighted by atomic mass is 10.2. The number of nitrogens with one attached hydrogen (secondary N) is 2. The van der Waals surface area contributed by atoms with E-state index in [-0.39, 0.29) is 11.6 Å². The van der Waals surface area contributed by atoms with Crippen molar-refractivity contribution in [1.82, 2.24) is 25.2 Å². The number of hydrogen-bond donors (Lipinski definition) is 3. The van der Waals surface area contributed by atoms with Gasteiger partial charge in [0.15, 0.2) is 11.5 Å². The van der Waals surface area contributed by atoms with Crippen molar-refractivity contribution in [2.45, 2.75) is 6.04 Å². The van der Waals surface area contributed by atoms with Gasteiger partial charge in [-0.1, -0.05) is 0 Å². The van der Waals surface area contributed by atoms with Crippen LogP contribution in [0.25, 0.3) is 5.65 Å². The molecule has 0 bridgehead atoms. The average Bonchev–Trinajstić information content (AvgIpc) is 2.82. The highest BCUT2D eigenvalue weighted by Gasteiger charge is 2.20. The lowest BCUT2D eigenvalue weighted by Gasteiger charge is -2.22. The molecular weight excluding hydrogens is 234 g/mol. The Morgan fingerprint density at radius 3 is 3.00 bits per heavy atom. The van der Waals surface area contributed by atoms with Gasteiger partial charge < -0.3 is 15.7 Å². The van der Waals surface area contributed by atoms with Gasteiger partial charge in [0.2, 0.25) is 0 Å². The maximum Gasteiger partial charge on any atom is 0.337 e. The van der Waals surface area contributed by atoms with Gasteiger partial charge in [0.25, 0.3) is 0 Å². The zero-order valence-corrected chi connectivity index (χ0v) is 9.63. The highest BCUT2D eigenvalue weighted by molar-refractivity contribution is 5.87. The molecule has 18 heavy (non-hydrogen) atoms. The lowest BCUT2D eigenvalue weighted by molar-refractivity contribution is 0.0696. The molecule has 0 radical (unpaired) electrons. The molecule has 1 unspecified atom stereocenters. The van der Waals surface area contributed by atoms with Crippen LogP contribution in [0.4, 0.5) is 0 Å². The quantitative estimate of drug-likeness (QED) is 0.672. The van der Waals surface area contributed by atoms with Crippen LogP contribution in [0.5, 0.6) is 0 Å². The van der Waals surface area contributed by atoms with Crippen molar-refractivity contribution in [2.24, 2.45) is 0 Å². The predicted octanol–water partition coefficient (Wildman–Crippen LogP) is -0.339. The van der Waals surface area contributed by atoms with Gasteiger partial charge in [0.05, 0.1) is 11.6 Å². The number of aromatic carboxylic acids is 1. The minimum absolute atomic E-state index is 0.0535. The molecule has 3 rings (SSSR count). The smallest absolute Gasteiger partial charge is 0.337 e. The zero-order chi connectivity index (χ0) is 12.5. The van der Waals surface area contributed by atoms with Gasteiger partial charge in [0.1, 0.15) is 0 Å². The molecule has 3 N–H and O–H groups in total. The number of rotatable bonds is 2. The SMILES string of the molecule is O=C(O)c1ccc2nnc(C3CNCCN3)n2c1. The first-order valence-electron chi connectivity index (χ1n) is 5.78. The van der Waals surface area contributed by atoms with E-state index in [0.717, 1.165) is 25.5 Å². The second kappa shape index (κ2) is 4.35. The fourth-order valence-corrected chi connectivity index (χ4v) is 2.11. The van der Waals surface area contributed by atoms with Gasteiger partial charge in [0, 0.05) is 25.8 Å². The number of fused-ring (bicyclic) bond motifs is 1. The van der Waals surface area contributed by atoms with Crippen molar-refractivity contribution in [1.29, 1.82) is 0 Å². The molecule has 0 saturated carbocycles. The zero-order valence-electron chi connectivity index (χ0n) is 9.63. The number of aromatic nitrogens is 3. The molecule has 1 atom stereocenters. The Bertz CT molecular complexity index is 588. The summed E-state index contributed by atoms with van der Waals surface area (Å²) in [5.74, 6) is -0.216. The molecule has 1 aliphatic rings. The van der Waals surface area contributed by atoms with E-state index in [0.29, 0.717) is 5.65 Å². The number of carboxylic acid groups (broad SMARTS) is 1. The summed E-state index contributed by atoms with van der Waals surface area (Å²) in [5.41, 5.74) is 0.884. The van der Waals surface area contributed by atoms with Gasteiger partial charge >= 0.3 is 5.97 Å². The molecule has 7 nitrogen and oxygen atoms in total. The van der Waals surface area contributed by atoms with Crippen LogP contribution in [0, 0.1) is 0 Å². The van der Waals surface area contributed by atoms with Crippen molar-refractivity contribution in [3.05, 3.63) is 29.7 Å². The molecule has 1 fully saturated rings. The summed E-state index contributed by atoms with van der Waals surface area (Å²) < 4.78 is 1.73. The maximum absolute atomic E-state index is 11.0. The van der Waals surface area contributed by atoms with E-state index in [4.69, 9.17) is 5.11 Å². The number of carboxylic acids is 1. The largest absolute Gasteiger partial charge is 0.478 e. The molecule has 0 aromatic carbocycles. The van der Waals surface area contributed by atoms with Crippen LogP contribution in [0.2, 0.25) is 0 Å². The first-order chi connectivity index (χ1) is 8.75. The molecule has 2 aromatic rings. The summed E-state index contributed by atoms with van der Waals surface area (Å²) in [5, 5.41) is 23.8. The van der Waals surface area contributed by atoms with E-state index in [1.165, 1.54) is 6.07 Å². The third-order valence-corrected chi connectivity index (χ3v) is 3.03. The van der Waals surface area contributed by atoms with Crippen molar-refractivity contribution < 1.29 is 9.90 Å². The summed E-state index contributed by atoms with van der Waals surface area (Å²) >= 11 is 0. The predicted molar refractivity (Wildman–Crippen MR) is 63.6 cm³/mol. The molecule has 1 aliphatic heterocycles. The summed E-state index contributed by atoms with van der Waals surface area (Å²) in [7, 11) is 0. The molecule has 7 heteroatoms. The minimum Gasteiger partial charge on any atom is -0.478 e. The van der Waals surface area contributed by atoms with Crippen LogP contribution in [0.3, 0.4) is 0 Å². The third kappa shape index (κ3) is 1.83. The van der Waals surface area contributed by atoms with Gasteiger partial charge in [-0.3, -0.25) is 4.40 Å². The van der Waals surface area contributed by atoms with E-state index in [1.807, 2.05) is 0 Å². The Balaban J connectivity index is 2.05. The normalized spacial score (nSPS) is 20.1. The molecule has 94 valence electrons. The standard InChI is InChI=1S/C11H13N5O2/c17-11(18)7-1-2-9-14-15-10(16(9)6-7)8-5-12-3-4-13-8/h1-2,6,8,12-13H,3-5H2,(H,17,18). The van der Waals surface area contributed by atoms with Crippen LogP contribution < -0.4 is 10.6 Å². The molecular formula is C11H13N5O2. The van der Waals surface area contributed by atoms with Crippen LogP contribution in [-0.4, -0.2) is 45.3 Å². The molecule has 2 aromatic heterocycles. The van der Waals surface area contributed by atoms with Crippen LogP contribution in [0.15, 0.2) is 18.3 Å². The first kappa shape index (κ1) is 11.1. The Morgan fingerprint density at radius 1 is 1.39 bits per heavy atom. The van der Waals surface area contributed by atoms with Gasteiger partial charge in [-0.25, -0.2) is 4.79 Å². The summed E-state index contributed by atoms with van der Waals surface area (Å²) in [6, 6.07) is 3.25. The van der Waals surface area contributed by atoms with Gasteiger partial charge in [-0.15, -0.1) is 10.2 Å². The van der Waals surface area contributed by atoms with Crippen molar-refractivity contribution in [2.75, 3.05) is 19.6 Å². The first-order valence-corrected chi connectivity index (χ1v) is 5.78. The fraction of sp³-hybridized carbons (Fsp3) is 0.364. The van der Waals surface area contributed by atoms with Crippen molar-refractivity contribution in [3.8, 4) is 0 Å². The Hall–Kier alpha value is -1.99. The van der Waals surface area contributed by atoms with Gasteiger partial charge in [-0.2, -0.15) is 0 Å². The van der Waals surface area contributed by atoms with E-state index >= 15 is 0 Å². The number of nitrogens with zero attached hydrogens (tertiary/aromatic N) is 3. The third-order valence-electron chi connectivity index (χ3n) is 3.03. The summed E-state index contributed by atoms with van der Waals surface area (Å²) in [6.07, 6.45) is 1.56. The van der Waals surface area contributed by atoms with E-state index in [9.17, 15) is 4.79 Å². The Kier molecular flexibility index (Phi) is 2.69. The maximum atomic E-state index is 11.0. The fourth-order valence-electron chi connectivity index (χ4n) is 2.11. The molecule has 3 heterocycles. The van der Waals surface area contributed by atoms with Crippen LogP contribution in [-0.2, 0) is 0 Å². The average molecular weight is 247 g/mol. The highest BCUT2D eigenvalue weighted by Crippen LogP contribution is 2.14. The number of piperazine rings is 1. The minimum atomic E-state index is -0.953. The second-order valence-corrected chi connectivity index (χ2v) is 4.22. The summed E-state index contributed by atoms with van der Waals surface area (Å²) in [6.45, 7) is 2.55. The molecule has 1 saturated heterocycles. The molecule has 0 aliphatic carbocycles. The van der Waals surface area contributed by atoms with E-state index in [1.54, 1.807) is 16.7 Å². The molecule has 0 amide bonds. The van der Waals surface area contributed by atoms with Crippen molar-refractivity contribution >= 4 is 11.6 Å². The molecule has 0 spiro atoms. The topological polar surface area (TPSA) is 91.5 Å². The number of pyridine rings is 1. The second-order valence-electron chi connectivity index (χ2n) is 4.22. The van der Waals surface area contributed by atoms with E-state index in [2.05, 4.69) is 20.8 Å². The van der Waals surface area contributed by atoms with Crippen LogP contribution in [0.1, 0.15) is 22.2 Å². The number of carbonyl (C=O) groups is 1. The highest BCUT2D eigenvalue weighted by atomic mass is 16.4. The van der Waals surface area contributed by atoms with Gasteiger partial charge in [-0.05, 0) is 12.1 Å². The van der Waals surface area contributed by atoms with Crippen LogP contribution >= 0.6 is 0 Å². The van der Waals surface area contributed by atoms with Crippen molar-refractivity contribution in [3.63, 3.8) is 0 Å². The van der Waals surface area contributed by atoms with E-state index < -0.39 is 5.97 Å². The monoisotopic (exact) mass is 247 g/mol.